The van der Waals surface area contributed by atoms with Crippen molar-refractivity contribution in [1.29, 1.82) is 0 Å². The number of hydrogen-bond acceptors (Lipinski definition) is 7. The first-order chi connectivity index (χ1) is 16.3. The van der Waals surface area contributed by atoms with Crippen molar-refractivity contribution in [2.45, 2.75) is 57.1 Å². The van der Waals surface area contributed by atoms with Gasteiger partial charge in [-0.25, -0.2) is 0 Å². The number of nitrogen functional groups attached to an aromatic ring is 1. The smallest absolute Gasteiger partial charge is 0.417 e. The molecular weight excluding hydrogens is 436 g/mol. The molecule has 0 aliphatic heterocycles. The summed E-state index contributed by atoms with van der Waals surface area (Å²) in [5.41, 5.74) is 7.29. The van der Waals surface area contributed by atoms with E-state index in [1.54, 1.807) is 24.4 Å². The van der Waals surface area contributed by atoms with Crippen LogP contribution in [0.3, 0.4) is 0 Å². The van der Waals surface area contributed by atoms with E-state index in [1.807, 2.05) is 6.92 Å². The normalized spacial score (nSPS) is 22.5. The van der Waals surface area contributed by atoms with Crippen molar-refractivity contribution in [1.82, 2.24) is 0 Å². The van der Waals surface area contributed by atoms with Crippen molar-refractivity contribution in [2.75, 3.05) is 24.8 Å². The van der Waals surface area contributed by atoms with E-state index in [0.717, 1.165) is 38.5 Å². The molecule has 1 aromatic heterocycles. The van der Waals surface area contributed by atoms with Crippen LogP contribution in [0.25, 0.3) is 0 Å². The first kappa shape index (κ1) is 23.8. The van der Waals surface area contributed by atoms with Crippen LogP contribution in [0.15, 0.2) is 35.3 Å². The molecule has 9 heteroatoms. The molecule has 1 heterocycles. The second-order valence-electron chi connectivity index (χ2n) is 9.02. The second-order valence-corrected chi connectivity index (χ2v) is 9.02. The molecule has 0 radical (unpaired) electrons. The molecule has 4 rings (SSSR count). The number of ether oxygens (including phenoxy) is 2. The molecule has 0 bridgehead atoms. The Kier molecular flexibility index (Phi) is 6.92. The number of carbonyl (C=O) groups is 1. The van der Waals surface area contributed by atoms with Gasteiger partial charge in [-0.3, -0.25) is 15.0 Å². The third-order valence-corrected chi connectivity index (χ3v) is 6.69. The van der Waals surface area contributed by atoms with Crippen LogP contribution in [0.4, 0.5) is 11.4 Å². The van der Waals surface area contributed by atoms with Crippen molar-refractivity contribution < 1.29 is 29.3 Å². The quantitative estimate of drug-likeness (QED) is 0.204. The fraction of sp³-hybridized carbons (Fsp3) is 0.480. The van der Waals surface area contributed by atoms with Crippen molar-refractivity contribution in [2.24, 2.45) is 10.9 Å². The Balaban J connectivity index is 1.52. The van der Waals surface area contributed by atoms with Crippen LogP contribution in [0.5, 0.6) is 11.6 Å². The van der Waals surface area contributed by atoms with E-state index in [0.29, 0.717) is 39.9 Å². The van der Waals surface area contributed by atoms with E-state index in [-0.39, 0.29) is 17.6 Å². The van der Waals surface area contributed by atoms with Crippen molar-refractivity contribution in [3.05, 3.63) is 41.6 Å². The van der Waals surface area contributed by atoms with Crippen LogP contribution in [0.1, 0.15) is 61.5 Å². The molecule has 2 fully saturated rings. The second kappa shape index (κ2) is 9.89. The van der Waals surface area contributed by atoms with Gasteiger partial charge in [0.25, 0.3) is 0 Å². The van der Waals surface area contributed by atoms with Gasteiger partial charge in [-0.2, -0.15) is 0 Å². The zero-order valence-corrected chi connectivity index (χ0v) is 19.7. The van der Waals surface area contributed by atoms with Crippen LogP contribution in [0.2, 0.25) is 0 Å². The Bertz CT molecular complexity index is 1080. The molecule has 2 aromatic rings. The summed E-state index contributed by atoms with van der Waals surface area (Å²) >= 11 is 0. The van der Waals surface area contributed by atoms with Gasteiger partial charge in [-0.15, -0.1) is 0 Å². The number of anilines is 2. The molecule has 182 valence electrons. The number of hydrogen-bond donors (Lipinski definition) is 4. The SMILES string of the molecule is CCOc1cc(N)c(C=NC2CCC(O)(C3CC3)CC2)cc1NC(=O)c1cccc(OC)[n+]1O. The van der Waals surface area contributed by atoms with E-state index in [2.05, 4.69) is 5.32 Å². The summed E-state index contributed by atoms with van der Waals surface area (Å²) in [7, 11) is 1.40. The molecule has 0 spiro atoms. The molecule has 0 atom stereocenters. The average molecular weight is 470 g/mol. The number of aromatic nitrogens is 1. The maximum atomic E-state index is 12.9. The van der Waals surface area contributed by atoms with E-state index in [9.17, 15) is 15.1 Å². The lowest BCUT2D eigenvalue weighted by Crippen LogP contribution is -2.40. The molecular formula is C25H33N4O5+. The molecule has 0 unspecified atom stereocenters. The number of amides is 1. The Labute approximate surface area is 199 Å². The van der Waals surface area contributed by atoms with Gasteiger partial charge in [-0.1, -0.05) is 0 Å². The minimum Gasteiger partial charge on any atom is -0.492 e. The highest BCUT2D eigenvalue weighted by atomic mass is 16.5. The molecule has 2 aliphatic carbocycles. The van der Waals surface area contributed by atoms with Crippen LogP contribution < -0.4 is 25.3 Å². The number of nitrogens with one attached hydrogen (secondary N) is 1. The topological polar surface area (TPSA) is 130 Å². The number of aliphatic imine (C=N–C) groups is 1. The maximum Gasteiger partial charge on any atom is 0.417 e. The Hall–Kier alpha value is -3.33. The Morgan fingerprint density at radius 1 is 1.29 bits per heavy atom. The predicted octanol–water partition coefficient (Wildman–Crippen LogP) is 2.96. The summed E-state index contributed by atoms with van der Waals surface area (Å²) < 4.78 is 11.4. The molecule has 2 saturated carbocycles. The van der Waals surface area contributed by atoms with Gasteiger partial charge in [0.15, 0.2) is 0 Å². The summed E-state index contributed by atoms with van der Waals surface area (Å²) in [5, 5.41) is 23.8. The fourth-order valence-electron chi connectivity index (χ4n) is 4.56. The fourth-order valence-corrected chi connectivity index (χ4v) is 4.56. The minimum atomic E-state index is -0.540. The summed E-state index contributed by atoms with van der Waals surface area (Å²) in [4.78, 5) is 17.6. The van der Waals surface area contributed by atoms with Crippen LogP contribution in [-0.4, -0.2) is 47.8 Å². The van der Waals surface area contributed by atoms with Crippen molar-refractivity contribution in [3.63, 3.8) is 0 Å². The van der Waals surface area contributed by atoms with Crippen LogP contribution >= 0.6 is 0 Å². The number of aliphatic hydroxyl groups is 1. The highest BCUT2D eigenvalue weighted by Gasteiger charge is 2.45. The molecule has 0 saturated heterocycles. The van der Waals surface area contributed by atoms with E-state index < -0.39 is 11.5 Å². The molecule has 1 aromatic carbocycles. The minimum absolute atomic E-state index is 0.000745. The van der Waals surface area contributed by atoms with Crippen molar-refractivity contribution >= 4 is 23.5 Å². The number of nitrogens with two attached hydrogens (primary N) is 1. The molecule has 2 aliphatic rings. The zero-order valence-electron chi connectivity index (χ0n) is 19.7. The van der Waals surface area contributed by atoms with Crippen LogP contribution in [-0.2, 0) is 0 Å². The van der Waals surface area contributed by atoms with E-state index in [4.69, 9.17) is 20.2 Å². The van der Waals surface area contributed by atoms with Gasteiger partial charge in [0, 0.05) is 29.6 Å². The number of methoxy groups -OCH3 is 1. The first-order valence-electron chi connectivity index (χ1n) is 11.8. The number of nitrogens with zero attached hydrogens (tertiary/aromatic N) is 2. The van der Waals surface area contributed by atoms with E-state index in [1.165, 1.54) is 19.2 Å². The lowest BCUT2D eigenvalue weighted by atomic mass is 9.79. The van der Waals surface area contributed by atoms with Gasteiger partial charge in [-0.05, 0) is 63.5 Å². The third kappa shape index (κ3) is 5.09. The van der Waals surface area contributed by atoms with Gasteiger partial charge in [0.05, 0.1) is 41.8 Å². The summed E-state index contributed by atoms with van der Waals surface area (Å²) in [6.07, 6.45) is 7.24. The zero-order chi connectivity index (χ0) is 24.3. The third-order valence-electron chi connectivity index (χ3n) is 6.69. The molecule has 1 amide bonds. The largest absolute Gasteiger partial charge is 0.492 e. The van der Waals surface area contributed by atoms with E-state index >= 15 is 0 Å². The van der Waals surface area contributed by atoms with Crippen molar-refractivity contribution in [3.8, 4) is 11.6 Å². The number of rotatable bonds is 8. The van der Waals surface area contributed by atoms with Gasteiger partial charge >= 0.3 is 17.5 Å². The van der Waals surface area contributed by atoms with Crippen LogP contribution in [0, 0.1) is 5.92 Å². The first-order valence-corrected chi connectivity index (χ1v) is 11.8. The maximum absolute atomic E-state index is 12.9. The summed E-state index contributed by atoms with van der Waals surface area (Å²) in [6.45, 7) is 2.23. The van der Waals surface area contributed by atoms with Gasteiger partial charge in [0.2, 0.25) is 0 Å². The number of pyridine rings is 1. The summed E-state index contributed by atoms with van der Waals surface area (Å²) in [5.74, 6) is 0.475. The Morgan fingerprint density at radius 3 is 2.68 bits per heavy atom. The monoisotopic (exact) mass is 469 g/mol. The lowest BCUT2D eigenvalue weighted by molar-refractivity contribution is -0.907. The van der Waals surface area contributed by atoms with Gasteiger partial charge < -0.3 is 25.6 Å². The van der Waals surface area contributed by atoms with Gasteiger partial charge in [0.1, 0.15) is 5.75 Å². The molecule has 34 heavy (non-hydrogen) atoms. The highest BCUT2D eigenvalue weighted by Crippen LogP contribution is 2.47. The molecule has 9 nitrogen and oxygen atoms in total. The lowest BCUT2D eigenvalue weighted by Gasteiger charge is -2.35. The highest BCUT2D eigenvalue weighted by molar-refractivity contribution is 6.04. The number of benzene rings is 1. The Morgan fingerprint density at radius 2 is 2.03 bits per heavy atom. The average Bonchev–Trinajstić information content (AvgIpc) is 3.67. The predicted molar refractivity (Wildman–Crippen MR) is 128 cm³/mol. The standard InChI is InChI=1S/C25H32N4O5/c1-3-34-22-14-19(26)16(15-27-18-9-11-25(31,12-10-18)17-7-8-17)13-20(22)28-24(30)21-5-4-6-23(33-2)29(21)32/h4-6,13-15,17-18,26,30-32H,3,7-12H2,1-2H3/p+1. The summed E-state index contributed by atoms with van der Waals surface area (Å²) in [6, 6.07) is 8.13. The molecule has 5 N–H and O–H groups in total. The number of carbonyl (C=O) groups excluding carboxylic acids is 1.